The number of benzene rings is 1. The van der Waals surface area contributed by atoms with Gasteiger partial charge in [-0.2, -0.15) is 0 Å². The van der Waals surface area contributed by atoms with Crippen molar-refractivity contribution in [3.63, 3.8) is 0 Å². The molecule has 1 unspecified atom stereocenters. The fraction of sp³-hybridized carbons (Fsp3) is 0.545. The lowest BCUT2D eigenvalue weighted by Crippen LogP contribution is -2.36. The van der Waals surface area contributed by atoms with Gasteiger partial charge in [-0.1, -0.05) is 29.3 Å². The number of amides is 2. The van der Waals surface area contributed by atoms with Gasteiger partial charge < -0.3 is 19.3 Å². The van der Waals surface area contributed by atoms with Gasteiger partial charge in [-0.3, -0.25) is 9.59 Å². The van der Waals surface area contributed by atoms with E-state index in [0.29, 0.717) is 49.3 Å². The van der Waals surface area contributed by atoms with Crippen LogP contribution in [-0.2, 0) is 19.1 Å². The summed E-state index contributed by atoms with van der Waals surface area (Å²) in [6, 6.07) is 5.20. The third kappa shape index (κ3) is 6.98. The minimum absolute atomic E-state index is 0.0766. The van der Waals surface area contributed by atoms with E-state index in [4.69, 9.17) is 32.7 Å². The predicted molar refractivity (Wildman–Crippen MR) is 117 cm³/mol. The molecule has 2 amide bonds. The van der Waals surface area contributed by atoms with E-state index in [1.807, 2.05) is 4.90 Å². The molecule has 1 atom stereocenters. The van der Waals surface area contributed by atoms with Gasteiger partial charge in [0, 0.05) is 45.3 Å². The normalized spacial score (nSPS) is 20.6. The van der Waals surface area contributed by atoms with Crippen molar-refractivity contribution in [3.05, 3.63) is 39.9 Å². The highest BCUT2D eigenvalue weighted by Crippen LogP contribution is 2.23. The molecule has 2 aliphatic heterocycles. The smallest absolute Gasteiger partial charge is 0.246 e. The lowest BCUT2D eigenvalue weighted by molar-refractivity contribution is -0.163. The van der Waals surface area contributed by atoms with Gasteiger partial charge in [0.2, 0.25) is 11.8 Å². The average molecular weight is 455 g/mol. The first-order valence-corrected chi connectivity index (χ1v) is 11.2. The van der Waals surface area contributed by atoms with Crippen LogP contribution in [-0.4, -0.2) is 67.3 Å². The zero-order valence-corrected chi connectivity index (χ0v) is 18.5. The Bertz CT molecular complexity index is 766. The average Bonchev–Trinajstić information content (AvgIpc) is 2.94. The number of carbonyl (C=O) groups excluding carboxylic acids is 2. The molecule has 0 spiro atoms. The van der Waals surface area contributed by atoms with Crippen molar-refractivity contribution in [2.75, 3.05) is 39.4 Å². The van der Waals surface area contributed by atoms with Crippen molar-refractivity contribution in [1.82, 2.24) is 9.80 Å². The highest BCUT2D eigenvalue weighted by molar-refractivity contribution is 6.42. The van der Waals surface area contributed by atoms with Gasteiger partial charge in [0.1, 0.15) is 0 Å². The number of nitrogens with zero attached hydrogens (tertiary/aromatic N) is 2. The molecule has 0 bridgehead atoms. The van der Waals surface area contributed by atoms with Crippen molar-refractivity contribution in [2.45, 2.75) is 38.4 Å². The van der Waals surface area contributed by atoms with Crippen LogP contribution >= 0.6 is 23.2 Å². The molecular formula is C22H28Cl2N2O4. The summed E-state index contributed by atoms with van der Waals surface area (Å²) in [5.74, 6) is -0.0406. The zero-order chi connectivity index (χ0) is 21.3. The second kappa shape index (κ2) is 11.7. The lowest BCUT2D eigenvalue weighted by Gasteiger charge is -2.24. The first-order chi connectivity index (χ1) is 14.5. The Morgan fingerprint density at radius 2 is 2.07 bits per heavy atom. The molecule has 164 valence electrons. The molecule has 2 saturated heterocycles. The maximum atomic E-state index is 12.5. The molecule has 1 aromatic rings. The van der Waals surface area contributed by atoms with Crippen LogP contribution in [0.2, 0.25) is 10.0 Å². The summed E-state index contributed by atoms with van der Waals surface area (Å²) in [4.78, 5) is 28.5. The fourth-order valence-electron chi connectivity index (χ4n) is 3.53. The summed E-state index contributed by atoms with van der Waals surface area (Å²) >= 11 is 11.9. The van der Waals surface area contributed by atoms with E-state index in [2.05, 4.69) is 0 Å². The Balaban J connectivity index is 1.43. The highest BCUT2D eigenvalue weighted by Gasteiger charge is 2.22. The molecule has 0 saturated carbocycles. The summed E-state index contributed by atoms with van der Waals surface area (Å²) in [6.45, 7) is 3.44. The van der Waals surface area contributed by atoms with Crippen LogP contribution in [0.15, 0.2) is 24.3 Å². The first-order valence-electron chi connectivity index (χ1n) is 10.5. The molecule has 2 aliphatic rings. The van der Waals surface area contributed by atoms with Gasteiger partial charge >= 0.3 is 0 Å². The predicted octanol–water partition coefficient (Wildman–Crippen LogP) is 4.00. The lowest BCUT2D eigenvalue weighted by atomic mass is 10.2. The van der Waals surface area contributed by atoms with Crippen molar-refractivity contribution in [2.24, 2.45) is 0 Å². The summed E-state index contributed by atoms with van der Waals surface area (Å²) in [5.41, 5.74) is 0.798. The maximum Gasteiger partial charge on any atom is 0.246 e. The van der Waals surface area contributed by atoms with E-state index in [1.165, 1.54) is 6.08 Å². The molecule has 2 fully saturated rings. The van der Waals surface area contributed by atoms with Crippen molar-refractivity contribution >= 4 is 41.1 Å². The van der Waals surface area contributed by atoms with E-state index in [1.54, 1.807) is 29.2 Å². The summed E-state index contributed by atoms with van der Waals surface area (Å²) in [7, 11) is 0. The molecule has 1 aromatic carbocycles. The summed E-state index contributed by atoms with van der Waals surface area (Å²) in [5, 5.41) is 0.921. The Labute approximate surface area is 187 Å². The highest BCUT2D eigenvalue weighted by atomic mass is 35.5. The second-order valence-corrected chi connectivity index (χ2v) is 8.30. The molecule has 2 heterocycles. The van der Waals surface area contributed by atoms with Crippen molar-refractivity contribution < 1.29 is 19.1 Å². The Kier molecular flexibility index (Phi) is 9.00. The van der Waals surface area contributed by atoms with Gasteiger partial charge in [0.15, 0.2) is 6.29 Å². The van der Waals surface area contributed by atoms with Crippen LogP contribution in [0.25, 0.3) is 6.08 Å². The minimum Gasteiger partial charge on any atom is -0.353 e. The van der Waals surface area contributed by atoms with E-state index in [-0.39, 0.29) is 18.1 Å². The van der Waals surface area contributed by atoms with E-state index >= 15 is 0 Å². The number of halogens is 2. The van der Waals surface area contributed by atoms with Crippen LogP contribution in [0, 0.1) is 0 Å². The number of hydrogen-bond acceptors (Lipinski definition) is 4. The Morgan fingerprint density at radius 1 is 1.20 bits per heavy atom. The SMILES string of the molecule is O=C(C=Cc1ccc(Cl)c(Cl)c1)N1CCC(=O)N(CCCOC2CCCCO2)CC1. The van der Waals surface area contributed by atoms with Crippen LogP contribution in [0.1, 0.15) is 37.7 Å². The summed E-state index contributed by atoms with van der Waals surface area (Å²) in [6.07, 6.45) is 7.38. The van der Waals surface area contributed by atoms with Crippen molar-refractivity contribution in [3.8, 4) is 0 Å². The standard InChI is InChI=1S/C22H28Cl2N2O4/c23-18-7-5-17(16-19(18)24)6-8-20(27)26-11-9-21(28)25(12-13-26)10-3-15-30-22-4-1-2-14-29-22/h5-8,16,22H,1-4,9-15H2. The van der Waals surface area contributed by atoms with Gasteiger partial charge in [0.25, 0.3) is 0 Å². The molecule has 0 aromatic heterocycles. The molecule has 0 aliphatic carbocycles. The topological polar surface area (TPSA) is 59.1 Å². The van der Waals surface area contributed by atoms with E-state index in [0.717, 1.165) is 37.9 Å². The van der Waals surface area contributed by atoms with Gasteiger partial charge in [-0.15, -0.1) is 0 Å². The van der Waals surface area contributed by atoms with Gasteiger partial charge in [-0.25, -0.2) is 0 Å². The Morgan fingerprint density at radius 3 is 2.83 bits per heavy atom. The van der Waals surface area contributed by atoms with Crippen molar-refractivity contribution in [1.29, 1.82) is 0 Å². The molecular weight excluding hydrogens is 427 g/mol. The number of ether oxygens (including phenoxy) is 2. The van der Waals surface area contributed by atoms with Gasteiger partial charge in [0.05, 0.1) is 16.7 Å². The minimum atomic E-state index is -0.117. The fourth-order valence-corrected chi connectivity index (χ4v) is 3.83. The summed E-state index contributed by atoms with van der Waals surface area (Å²) < 4.78 is 11.3. The number of carbonyl (C=O) groups is 2. The largest absolute Gasteiger partial charge is 0.353 e. The van der Waals surface area contributed by atoms with Crippen LogP contribution in [0.3, 0.4) is 0 Å². The quantitative estimate of drug-likeness (QED) is 0.461. The number of rotatable bonds is 7. The van der Waals surface area contributed by atoms with E-state index < -0.39 is 0 Å². The third-order valence-electron chi connectivity index (χ3n) is 5.28. The molecule has 0 radical (unpaired) electrons. The molecule has 8 heteroatoms. The van der Waals surface area contributed by atoms with Crippen LogP contribution in [0.4, 0.5) is 0 Å². The molecule has 6 nitrogen and oxygen atoms in total. The molecule has 30 heavy (non-hydrogen) atoms. The first kappa shape index (κ1) is 23.1. The monoisotopic (exact) mass is 454 g/mol. The van der Waals surface area contributed by atoms with E-state index in [9.17, 15) is 9.59 Å². The Hall–Kier alpha value is -1.60. The van der Waals surface area contributed by atoms with Crippen LogP contribution in [0.5, 0.6) is 0 Å². The maximum absolute atomic E-state index is 12.5. The van der Waals surface area contributed by atoms with Crippen LogP contribution < -0.4 is 0 Å². The molecule has 3 rings (SSSR count). The third-order valence-corrected chi connectivity index (χ3v) is 6.01. The zero-order valence-electron chi connectivity index (χ0n) is 17.0. The number of hydrogen-bond donors (Lipinski definition) is 0. The molecule has 0 N–H and O–H groups in total. The second-order valence-electron chi connectivity index (χ2n) is 7.48. The van der Waals surface area contributed by atoms with Gasteiger partial charge in [-0.05, 0) is 49.5 Å².